The fourth-order valence-corrected chi connectivity index (χ4v) is 9.82. The standard InChI is InChI=1S/C45H49NO13/c1-24-29(58-41(53)35(57-25(2)47)33(26-15-9-6-10-16-26)46-39(51)27-17-11-7-12-18-27)22-45(55)38(59-40(52)28-19-13-8-14-20-28)36-43(5,30(48)21-31-44(36,54)23-56-31)37(50)34(49)32(24)42(45,3)4/h6-20,29-31,33-36,38,48-49,54-55H,21-23H2,1-5H3,(H,46,51)/t29?,30?,31?,33?,34?,35?,36?,38?,43-,44+,45?/m1/s1. The number of hydrogen-bond acceptors (Lipinski definition) is 13. The summed E-state index contributed by atoms with van der Waals surface area (Å²) in [4.78, 5) is 69.6. The Balaban J connectivity index is 1.35. The van der Waals surface area contributed by atoms with E-state index in [1.54, 1.807) is 92.7 Å². The molecule has 0 radical (unpaired) electrons. The first-order valence-corrected chi connectivity index (χ1v) is 19.6. The smallest absolute Gasteiger partial charge is 0.350 e. The summed E-state index contributed by atoms with van der Waals surface area (Å²) in [6.45, 7) is 6.76. The Labute approximate surface area is 341 Å². The molecule has 0 aromatic heterocycles. The molecule has 3 aromatic carbocycles. The first-order valence-electron chi connectivity index (χ1n) is 19.6. The molecule has 1 aliphatic heterocycles. The average molecular weight is 812 g/mol. The molecule has 59 heavy (non-hydrogen) atoms. The lowest BCUT2D eigenvalue weighted by Gasteiger charge is -2.66. The van der Waals surface area contributed by atoms with Crippen molar-refractivity contribution in [3.8, 4) is 0 Å². The molecular weight excluding hydrogens is 762 g/mol. The Bertz CT molecular complexity index is 2160. The number of ketones is 1. The number of carbonyl (C=O) groups is 5. The maximum atomic E-state index is 14.8. The molecule has 312 valence electrons. The Kier molecular flexibility index (Phi) is 10.9. The lowest BCUT2D eigenvalue weighted by molar-refractivity contribution is -0.343. The van der Waals surface area contributed by atoms with Crippen LogP contribution in [0.2, 0.25) is 0 Å². The monoisotopic (exact) mass is 811 g/mol. The molecular formula is C45H49NO13. The molecule has 3 aromatic rings. The third-order valence-corrected chi connectivity index (χ3v) is 13.2. The number of aliphatic hydroxyl groups is 4. The van der Waals surface area contributed by atoms with Crippen molar-refractivity contribution in [3.05, 3.63) is 119 Å². The van der Waals surface area contributed by atoms with E-state index >= 15 is 0 Å². The zero-order valence-corrected chi connectivity index (χ0v) is 33.4. The van der Waals surface area contributed by atoms with Crippen LogP contribution in [0.25, 0.3) is 0 Å². The zero-order valence-electron chi connectivity index (χ0n) is 33.4. The molecule has 2 bridgehead atoms. The van der Waals surface area contributed by atoms with E-state index in [4.69, 9.17) is 18.9 Å². The van der Waals surface area contributed by atoms with E-state index in [1.165, 1.54) is 26.0 Å². The third kappa shape index (κ3) is 6.86. The van der Waals surface area contributed by atoms with Gasteiger partial charge < -0.3 is 44.7 Å². The fraction of sp³-hybridized carbons (Fsp3) is 0.444. The number of benzene rings is 3. The molecule has 1 heterocycles. The number of amides is 1. The molecule has 14 heteroatoms. The predicted octanol–water partition coefficient (Wildman–Crippen LogP) is 3.16. The number of rotatable bonds is 9. The SMILES string of the molecule is CC(=O)OC(C(=O)OC1CC2(O)C(OC(=O)c3ccccc3)C3[C@]4(O)COC4CC(O)[C@@]3(C)C(=O)C(O)C(=C1C)C2(C)C)C(NC(=O)c1ccccc1)c1ccccc1. The number of ether oxygens (including phenoxy) is 4. The minimum absolute atomic E-state index is 0.0540. The van der Waals surface area contributed by atoms with Crippen molar-refractivity contribution in [2.45, 2.75) is 101 Å². The molecule has 1 saturated heterocycles. The highest BCUT2D eigenvalue weighted by Crippen LogP contribution is 2.63. The molecule has 9 unspecified atom stereocenters. The largest absolute Gasteiger partial charge is 0.455 e. The number of Topliss-reactive ketones (excluding diaryl/α,β-unsaturated/α-hetero) is 1. The highest BCUT2D eigenvalue weighted by molar-refractivity contribution is 5.95. The summed E-state index contributed by atoms with van der Waals surface area (Å²) in [5.41, 5.74) is -7.02. The van der Waals surface area contributed by atoms with Gasteiger partial charge in [0.05, 0.1) is 29.8 Å². The van der Waals surface area contributed by atoms with Gasteiger partial charge >= 0.3 is 17.9 Å². The number of esters is 3. The quantitative estimate of drug-likeness (QED) is 0.120. The van der Waals surface area contributed by atoms with Crippen LogP contribution < -0.4 is 5.32 Å². The maximum absolute atomic E-state index is 14.8. The lowest BCUT2D eigenvalue weighted by atomic mass is 9.44. The Hall–Kier alpha value is -5.25. The molecule has 1 amide bonds. The van der Waals surface area contributed by atoms with Crippen LogP contribution in [0.5, 0.6) is 0 Å². The van der Waals surface area contributed by atoms with Crippen LogP contribution in [0, 0.1) is 16.7 Å². The van der Waals surface area contributed by atoms with E-state index in [0.717, 1.165) is 6.92 Å². The summed E-state index contributed by atoms with van der Waals surface area (Å²) in [5, 5.41) is 52.4. The van der Waals surface area contributed by atoms with Crippen LogP contribution in [0.3, 0.4) is 0 Å². The van der Waals surface area contributed by atoms with Gasteiger partial charge in [0.1, 0.15) is 35.6 Å². The second-order valence-corrected chi connectivity index (χ2v) is 16.8. The van der Waals surface area contributed by atoms with Crippen molar-refractivity contribution in [2.24, 2.45) is 16.7 Å². The van der Waals surface area contributed by atoms with Gasteiger partial charge in [0.25, 0.3) is 5.91 Å². The fourth-order valence-electron chi connectivity index (χ4n) is 9.82. The first kappa shape index (κ1) is 41.9. The summed E-state index contributed by atoms with van der Waals surface area (Å²) < 4.78 is 23.7. The second kappa shape index (κ2) is 15.4. The highest BCUT2D eigenvalue weighted by Gasteiger charge is 2.76. The van der Waals surface area contributed by atoms with Crippen LogP contribution in [0.1, 0.15) is 79.8 Å². The van der Waals surface area contributed by atoms with Gasteiger partial charge in [0, 0.05) is 36.7 Å². The van der Waals surface area contributed by atoms with Gasteiger partial charge in [-0.2, -0.15) is 0 Å². The number of fused-ring (bicyclic) bond motifs is 5. The maximum Gasteiger partial charge on any atom is 0.350 e. The number of aliphatic hydroxyl groups excluding tert-OH is 2. The summed E-state index contributed by atoms with van der Waals surface area (Å²) in [5.74, 6) is -5.97. The Morgan fingerprint density at radius 3 is 1.98 bits per heavy atom. The first-order chi connectivity index (χ1) is 27.9. The molecule has 7 rings (SSSR count). The van der Waals surface area contributed by atoms with Crippen LogP contribution in [0.15, 0.2) is 102 Å². The number of carbonyl (C=O) groups excluding carboxylic acids is 5. The summed E-state index contributed by atoms with van der Waals surface area (Å²) in [6.07, 6.45) is -10.3. The van der Waals surface area contributed by atoms with E-state index in [1.807, 2.05) is 0 Å². The van der Waals surface area contributed by atoms with Gasteiger partial charge in [-0.1, -0.05) is 80.6 Å². The van der Waals surface area contributed by atoms with Gasteiger partial charge in [-0.25, -0.2) is 9.59 Å². The van der Waals surface area contributed by atoms with Crippen LogP contribution >= 0.6 is 0 Å². The van der Waals surface area contributed by atoms with Gasteiger partial charge in [-0.3, -0.25) is 14.4 Å². The van der Waals surface area contributed by atoms with E-state index in [0.29, 0.717) is 5.56 Å². The minimum atomic E-state index is -2.34. The van der Waals surface area contributed by atoms with Gasteiger partial charge in [0.15, 0.2) is 5.78 Å². The highest BCUT2D eigenvalue weighted by atomic mass is 16.6. The van der Waals surface area contributed by atoms with Crippen LogP contribution in [-0.4, -0.2) is 104 Å². The van der Waals surface area contributed by atoms with E-state index in [9.17, 15) is 44.4 Å². The van der Waals surface area contributed by atoms with Crippen molar-refractivity contribution in [2.75, 3.05) is 6.61 Å². The van der Waals surface area contributed by atoms with E-state index in [2.05, 4.69) is 5.32 Å². The van der Waals surface area contributed by atoms with Crippen molar-refractivity contribution >= 4 is 29.6 Å². The predicted molar refractivity (Wildman–Crippen MR) is 208 cm³/mol. The molecule has 14 nitrogen and oxygen atoms in total. The van der Waals surface area contributed by atoms with Crippen LogP contribution in [0.4, 0.5) is 0 Å². The van der Waals surface area contributed by atoms with Gasteiger partial charge in [-0.15, -0.1) is 0 Å². The Morgan fingerprint density at radius 2 is 1.42 bits per heavy atom. The molecule has 4 aliphatic rings. The molecule has 3 aliphatic carbocycles. The normalized spacial score (nSPS) is 33.0. The van der Waals surface area contributed by atoms with E-state index in [-0.39, 0.29) is 35.3 Å². The zero-order chi connectivity index (χ0) is 42.7. The number of hydrogen-bond donors (Lipinski definition) is 5. The van der Waals surface area contributed by atoms with Crippen molar-refractivity contribution in [3.63, 3.8) is 0 Å². The molecule has 3 fully saturated rings. The number of nitrogens with one attached hydrogen (secondary N) is 1. The van der Waals surface area contributed by atoms with E-state index < -0.39 is 107 Å². The minimum Gasteiger partial charge on any atom is -0.455 e. The molecule has 2 saturated carbocycles. The molecule has 11 atom stereocenters. The summed E-state index contributed by atoms with van der Waals surface area (Å²) in [6, 6.07) is 23.1. The topological polar surface area (TPSA) is 215 Å². The Morgan fingerprint density at radius 1 is 0.847 bits per heavy atom. The van der Waals surface area contributed by atoms with Crippen molar-refractivity contribution < 1.29 is 63.3 Å². The second-order valence-electron chi connectivity index (χ2n) is 16.8. The van der Waals surface area contributed by atoms with Crippen LogP contribution in [-0.2, 0) is 33.3 Å². The third-order valence-electron chi connectivity index (χ3n) is 13.2. The van der Waals surface area contributed by atoms with Gasteiger partial charge in [-0.05, 0) is 54.8 Å². The summed E-state index contributed by atoms with van der Waals surface area (Å²) in [7, 11) is 0. The average Bonchev–Trinajstić information content (AvgIpc) is 3.21. The molecule has 5 N–H and O–H groups in total. The van der Waals surface area contributed by atoms with Crippen molar-refractivity contribution in [1.29, 1.82) is 0 Å². The lowest BCUT2D eigenvalue weighted by Crippen LogP contribution is -2.81. The van der Waals surface area contributed by atoms with Gasteiger partial charge in [0.2, 0.25) is 6.10 Å². The van der Waals surface area contributed by atoms with Crippen molar-refractivity contribution in [1.82, 2.24) is 5.32 Å². The summed E-state index contributed by atoms with van der Waals surface area (Å²) >= 11 is 0. The molecule has 0 spiro atoms.